The molecule has 0 aliphatic heterocycles. The Morgan fingerprint density at radius 2 is 2.31 bits per heavy atom. The molecule has 2 aromatic heterocycles. The number of aliphatic hydroxyl groups is 1. The summed E-state index contributed by atoms with van der Waals surface area (Å²) in [6.45, 7) is 2.67. The van der Waals surface area contributed by atoms with Crippen LogP contribution in [0.1, 0.15) is 24.3 Å². The van der Waals surface area contributed by atoms with Gasteiger partial charge in [-0.25, -0.2) is 0 Å². The van der Waals surface area contributed by atoms with Crippen LogP contribution >= 0.6 is 31.9 Å². The van der Waals surface area contributed by atoms with E-state index in [0.29, 0.717) is 16.8 Å². The van der Waals surface area contributed by atoms with E-state index in [0.717, 1.165) is 10.2 Å². The third kappa shape index (κ3) is 1.97. The van der Waals surface area contributed by atoms with Gasteiger partial charge in [0.05, 0.1) is 22.6 Å². The molecular weight excluding hydrogens is 340 g/mol. The lowest BCUT2D eigenvalue weighted by Crippen LogP contribution is -2.09. The molecule has 0 aliphatic rings. The van der Waals surface area contributed by atoms with Crippen LogP contribution in [0.25, 0.3) is 0 Å². The van der Waals surface area contributed by atoms with E-state index in [4.69, 9.17) is 4.42 Å². The monoisotopic (exact) mass is 348 g/mol. The van der Waals surface area contributed by atoms with Gasteiger partial charge < -0.3 is 9.52 Å². The Morgan fingerprint density at radius 1 is 1.56 bits per heavy atom. The summed E-state index contributed by atoms with van der Waals surface area (Å²) >= 11 is 6.63. The van der Waals surface area contributed by atoms with Crippen LogP contribution in [0.2, 0.25) is 0 Å². The van der Waals surface area contributed by atoms with Crippen LogP contribution in [0, 0.1) is 0 Å². The van der Waals surface area contributed by atoms with Gasteiger partial charge in [-0.3, -0.25) is 4.68 Å². The first-order chi connectivity index (χ1) is 7.65. The molecule has 1 unspecified atom stereocenters. The molecule has 2 heterocycles. The van der Waals surface area contributed by atoms with Crippen LogP contribution in [-0.2, 0) is 6.54 Å². The van der Waals surface area contributed by atoms with Crippen LogP contribution in [0.3, 0.4) is 0 Å². The minimum atomic E-state index is -0.759. The third-order valence-corrected chi connectivity index (χ3v) is 3.59. The summed E-state index contributed by atoms with van der Waals surface area (Å²) in [5.41, 5.74) is 1.42. The molecular formula is C10H10Br2N2O2. The van der Waals surface area contributed by atoms with Gasteiger partial charge in [0, 0.05) is 12.1 Å². The van der Waals surface area contributed by atoms with Crippen molar-refractivity contribution in [2.24, 2.45) is 0 Å². The molecule has 16 heavy (non-hydrogen) atoms. The summed E-state index contributed by atoms with van der Waals surface area (Å²) in [4.78, 5) is 0. The lowest BCUT2D eigenvalue weighted by atomic mass is 10.1. The second-order valence-corrected chi connectivity index (χ2v) is 4.82. The topological polar surface area (TPSA) is 51.2 Å². The Balaban J connectivity index is 2.44. The fraction of sp³-hybridized carbons (Fsp3) is 0.300. The van der Waals surface area contributed by atoms with Gasteiger partial charge in [-0.05, 0) is 44.8 Å². The van der Waals surface area contributed by atoms with E-state index in [2.05, 4.69) is 37.0 Å². The first-order valence-corrected chi connectivity index (χ1v) is 6.36. The minimum Gasteiger partial charge on any atom is -0.457 e. The van der Waals surface area contributed by atoms with Crippen molar-refractivity contribution in [3.8, 4) is 0 Å². The van der Waals surface area contributed by atoms with Gasteiger partial charge in [0.15, 0.2) is 4.67 Å². The van der Waals surface area contributed by atoms with Crippen LogP contribution in [-0.4, -0.2) is 14.9 Å². The number of aryl methyl sites for hydroxylation is 1. The quantitative estimate of drug-likeness (QED) is 0.926. The number of halogens is 2. The van der Waals surface area contributed by atoms with E-state index in [1.54, 1.807) is 16.9 Å². The Labute approximate surface area is 110 Å². The predicted molar refractivity (Wildman–Crippen MR) is 66.1 cm³/mol. The van der Waals surface area contributed by atoms with Gasteiger partial charge in [-0.15, -0.1) is 0 Å². The van der Waals surface area contributed by atoms with Gasteiger partial charge in [-0.1, -0.05) is 0 Å². The first-order valence-electron chi connectivity index (χ1n) is 4.77. The maximum absolute atomic E-state index is 10.3. The number of aromatic nitrogens is 2. The van der Waals surface area contributed by atoms with E-state index in [1.165, 1.54) is 6.26 Å². The zero-order chi connectivity index (χ0) is 11.7. The van der Waals surface area contributed by atoms with E-state index in [9.17, 15) is 5.11 Å². The largest absolute Gasteiger partial charge is 0.457 e. The van der Waals surface area contributed by atoms with Crippen LogP contribution in [0.4, 0.5) is 0 Å². The average Bonchev–Trinajstić information content (AvgIpc) is 2.83. The lowest BCUT2D eigenvalue weighted by Gasteiger charge is -2.12. The highest BCUT2D eigenvalue weighted by molar-refractivity contribution is 9.10. The second kappa shape index (κ2) is 4.73. The van der Waals surface area contributed by atoms with Crippen molar-refractivity contribution in [3.63, 3.8) is 0 Å². The Morgan fingerprint density at radius 3 is 2.88 bits per heavy atom. The van der Waals surface area contributed by atoms with Crippen molar-refractivity contribution in [3.05, 3.63) is 38.9 Å². The van der Waals surface area contributed by atoms with Crippen molar-refractivity contribution in [1.29, 1.82) is 0 Å². The van der Waals surface area contributed by atoms with Crippen molar-refractivity contribution in [1.82, 2.24) is 9.78 Å². The molecule has 0 aromatic carbocycles. The molecule has 0 bridgehead atoms. The van der Waals surface area contributed by atoms with Crippen molar-refractivity contribution < 1.29 is 9.52 Å². The third-order valence-electron chi connectivity index (χ3n) is 2.33. The Hall–Kier alpha value is -0.590. The molecule has 0 spiro atoms. The van der Waals surface area contributed by atoms with E-state index in [-0.39, 0.29) is 0 Å². The summed E-state index contributed by atoms with van der Waals surface area (Å²) in [6, 6.07) is 1.73. The van der Waals surface area contributed by atoms with Gasteiger partial charge in [0.2, 0.25) is 0 Å². The lowest BCUT2D eigenvalue weighted by molar-refractivity contribution is 0.205. The second-order valence-electron chi connectivity index (χ2n) is 3.25. The van der Waals surface area contributed by atoms with Gasteiger partial charge in [0.1, 0.15) is 6.10 Å². The van der Waals surface area contributed by atoms with Crippen molar-refractivity contribution in [2.75, 3.05) is 0 Å². The maximum atomic E-state index is 10.3. The molecule has 0 saturated carbocycles. The van der Waals surface area contributed by atoms with E-state index in [1.807, 2.05) is 6.92 Å². The predicted octanol–water partition coefficient (Wildman–Crippen LogP) is 3.10. The fourth-order valence-corrected chi connectivity index (χ4v) is 2.51. The standard InChI is InChI=1S/C10H10Br2N2O2/c1-2-14-8(7(11)5-13-14)9(15)6-3-4-16-10(6)12/h3-5,9,15H,2H2,1H3. The summed E-state index contributed by atoms with van der Waals surface area (Å²) in [6.07, 6.45) is 2.45. The Kier molecular flexibility index (Phi) is 3.51. The highest BCUT2D eigenvalue weighted by atomic mass is 79.9. The molecule has 0 fully saturated rings. The SMILES string of the molecule is CCn1ncc(Br)c1C(O)c1ccoc1Br. The van der Waals surface area contributed by atoms with Gasteiger partial charge in [0.25, 0.3) is 0 Å². The smallest absolute Gasteiger partial charge is 0.175 e. The van der Waals surface area contributed by atoms with Crippen molar-refractivity contribution in [2.45, 2.75) is 19.6 Å². The normalized spacial score (nSPS) is 13.0. The maximum Gasteiger partial charge on any atom is 0.175 e. The van der Waals surface area contributed by atoms with Crippen LogP contribution in [0.15, 0.2) is 32.1 Å². The number of furan rings is 1. The molecule has 4 nitrogen and oxygen atoms in total. The molecule has 86 valence electrons. The molecule has 1 N–H and O–H groups in total. The number of rotatable bonds is 3. The van der Waals surface area contributed by atoms with Gasteiger partial charge in [-0.2, -0.15) is 5.10 Å². The summed E-state index contributed by atoms with van der Waals surface area (Å²) in [5, 5.41) is 14.4. The number of hydrogen-bond acceptors (Lipinski definition) is 3. The van der Waals surface area contributed by atoms with E-state index < -0.39 is 6.10 Å². The average molecular weight is 350 g/mol. The minimum absolute atomic E-state index is 0.538. The molecule has 2 aromatic rings. The number of aliphatic hydroxyl groups excluding tert-OH is 1. The molecule has 0 saturated heterocycles. The number of hydrogen-bond donors (Lipinski definition) is 1. The fourth-order valence-electron chi connectivity index (χ4n) is 1.54. The molecule has 2 rings (SSSR count). The summed E-state index contributed by atoms with van der Waals surface area (Å²) < 4.78 is 8.18. The molecule has 0 aliphatic carbocycles. The summed E-state index contributed by atoms with van der Waals surface area (Å²) in [5.74, 6) is 0. The summed E-state index contributed by atoms with van der Waals surface area (Å²) in [7, 11) is 0. The zero-order valence-electron chi connectivity index (χ0n) is 8.52. The molecule has 0 radical (unpaired) electrons. The highest BCUT2D eigenvalue weighted by Gasteiger charge is 2.22. The first kappa shape index (κ1) is 11.9. The van der Waals surface area contributed by atoms with Gasteiger partial charge >= 0.3 is 0 Å². The highest BCUT2D eigenvalue weighted by Crippen LogP contribution is 2.32. The van der Waals surface area contributed by atoms with Crippen LogP contribution in [0.5, 0.6) is 0 Å². The van der Waals surface area contributed by atoms with Crippen LogP contribution < -0.4 is 0 Å². The van der Waals surface area contributed by atoms with E-state index >= 15 is 0 Å². The molecule has 6 heteroatoms. The van der Waals surface area contributed by atoms with Crippen molar-refractivity contribution >= 4 is 31.9 Å². The molecule has 0 amide bonds. The Bertz CT molecular complexity index is 493. The molecule has 1 atom stereocenters. The number of nitrogens with zero attached hydrogens (tertiary/aromatic N) is 2. The zero-order valence-corrected chi connectivity index (χ0v) is 11.7.